The van der Waals surface area contributed by atoms with Gasteiger partial charge in [0.25, 0.3) is 0 Å². The van der Waals surface area contributed by atoms with E-state index in [4.69, 9.17) is 0 Å². The second kappa shape index (κ2) is 9.47. The lowest BCUT2D eigenvalue weighted by Gasteiger charge is -2.12. The minimum atomic E-state index is -4.49. The number of aryl methyl sites for hydroxylation is 1. The van der Waals surface area contributed by atoms with Crippen LogP contribution >= 0.6 is 0 Å². The summed E-state index contributed by atoms with van der Waals surface area (Å²) < 4.78 is 43.0. The predicted molar refractivity (Wildman–Crippen MR) is 127 cm³/mol. The van der Waals surface area contributed by atoms with E-state index < -0.39 is 11.9 Å². The van der Waals surface area contributed by atoms with Gasteiger partial charge in [0.2, 0.25) is 5.95 Å². The van der Waals surface area contributed by atoms with Gasteiger partial charge in [0.15, 0.2) is 11.5 Å². The van der Waals surface area contributed by atoms with Gasteiger partial charge in [-0.2, -0.15) is 23.3 Å². The van der Waals surface area contributed by atoms with Gasteiger partial charge in [-0.05, 0) is 45.7 Å². The summed E-state index contributed by atoms with van der Waals surface area (Å²) in [6.45, 7) is 10.1. The van der Waals surface area contributed by atoms with Crippen molar-refractivity contribution in [3.05, 3.63) is 59.8 Å². The second-order valence-electron chi connectivity index (χ2n) is 8.85. The first kappa shape index (κ1) is 24.4. The van der Waals surface area contributed by atoms with Crippen molar-refractivity contribution < 1.29 is 13.2 Å². The normalized spacial score (nSPS) is 12.1. The SMILES string of the molecule is Cc1cnn(C(C)C)c1-c1ncnc(NCc2ccc(-c3nc(C(F)(F)F)cn3C(C)C)cc2)n1. The molecule has 11 heteroatoms. The lowest BCUT2D eigenvalue weighted by molar-refractivity contribution is -0.140. The van der Waals surface area contributed by atoms with Crippen molar-refractivity contribution in [1.29, 1.82) is 0 Å². The van der Waals surface area contributed by atoms with E-state index in [0.717, 1.165) is 23.0 Å². The van der Waals surface area contributed by atoms with Crippen LogP contribution in [0.15, 0.2) is 43.0 Å². The molecule has 0 aliphatic carbocycles. The second-order valence-corrected chi connectivity index (χ2v) is 8.85. The minimum absolute atomic E-state index is 0.156. The molecule has 0 radical (unpaired) electrons. The number of alkyl halides is 3. The summed E-state index contributed by atoms with van der Waals surface area (Å²) in [7, 11) is 0. The number of aromatic nitrogens is 7. The number of rotatable bonds is 7. The molecule has 1 aromatic carbocycles. The molecular weight excluding hydrogens is 457 g/mol. The molecule has 8 nitrogen and oxygen atoms in total. The van der Waals surface area contributed by atoms with Crippen LogP contribution < -0.4 is 5.32 Å². The Hall–Kier alpha value is -3.76. The first-order valence-corrected chi connectivity index (χ1v) is 11.3. The molecule has 0 amide bonds. The predicted octanol–water partition coefficient (Wildman–Crippen LogP) is 5.70. The van der Waals surface area contributed by atoms with E-state index in [9.17, 15) is 13.2 Å². The largest absolute Gasteiger partial charge is 0.434 e. The third kappa shape index (κ3) is 5.18. The molecule has 0 aliphatic rings. The minimum Gasteiger partial charge on any atom is -0.350 e. The summed E-state index contributed by atoms with van der Waals surface area (Å²) in [6.07, 6.45) is -0.195. The highest BCUT2D eigenvalue weighted by atomic mass is 19.4. The number of nitrogens with zero attached hydrogens (tertiary/aromatic N) is 7. The maximum Gasteiger partial charge on any atom is 0.434 e. The van der Waals surface area contributed by atoms with Gasteiger partial charge in [0.1, 0.15) is 17.8 Å². The van der Waals surface area contributed by atoms with Gasteiger partial charge >= 0.3 is 6.18 Å². The van der Waals surface area contributed by atoms with Crippen molar-refractivity contribution in [2.75, 3.05) is 5.32 Å². The molecule has 4 rings (SSSR count). The molecule has 3 aromatic heterocycles. The third-order valence-electron chi connectivity index (χ3n) is 5.49. The number of hydrogen-bond acceptors (Lipinski definition) is 6. The van der Waals surface area contributed by atoms with Gasteiger partial charge in [-0.3, -0.25) is 4.68 Å². The zero-order chi connectivity index (χ0) is 25.3. The molecule has 0 bridgehead atoms. The maximum atomic E-state index is 13.2. The van der Waals surface area contributed by atoms with E-state index in [-0.39, 0.29) is 17.9 Å². The number of halogens is 3. The smallest absolute Gasteiger partial charge is 0.350 e. The molecular formula is C24H27F3N8. The molecule has 1 N–H and O–H groups in total. The van der Waals surface area contributed by atoms with Crippen LogP contribution in [0.5, 0.6) is 0 Å². The lowest BCUT2D eigenvalue weighted by Crippen LogP contribution is -2.09. The molecule has 184 valence electrons. The topological polar surface area (TPSA) is 86.3 Å². The van der Waals surface area contributed by atoms with Crippen LogP contribution in [0.1, 0.15) is 56.6 Å². The molecule has 3 heterocycles. The maximum absolute atomic E-state index is 13.2. The average molecular weight is 485 g/mol. The first-order valence-electron chi connectivity index (χ1n) is 11.3. The Balaban J connectivity index is 1.51. The molecule has 0 atom stereocenters. The number of hydrogen-bond donors (Lipinski definition) is 1. The van der Waals surface area contributed by atoms with E-state index in [1.54, 1.807) is 18.3 Å². The van der Waals surface area contributed by atoms with E-state index in [0.29, 0.717) is 23.9 Å². The molecule has 0 saturated carbocycles. The van der Waals surface area contributed by atoms with Crippen LogP contribution in [0.2, 0.25) is 0 Å². The highest BCUT2D eigenvalue weighted by Crippen LogP contribution is 2.32. The van der Waals surface area contributed by atoms with Gasteiger partial charge < -0.3 is 9.88 Å². The van der Waals surface area contributed by atoms with E-state index in [2.05, 4.69) is 30.4 Å². The molecule has 0 spiro atoms. The summed E-state index contributed by atoms with van der Waals surface area (Å²) in [6, 6.07) is 7.21. The highest BCUT2D eigenvalue weighted by molar-refractivity contribution is 5.58. The molecule has 0 saturated heterocycles. The number of anilines is 1. The Morgan fingerprint density at radius 3 is 2.31 bits per heavy atom. The Bertz CT molecular complexity index is 1300. The van der Waals surface area contributed by atoms with Gasteiger partial charge in [-0.15, -0.1) is 0 Å². The van der Waals surface area contributed by atoms with Crippen molar-refractivity contribution in [3.8, 4) is 22.9 Å². The van der Waals surface area contributed by atoms with E-state index in [1.807, 2.05) is 51.4 Å². The Labute approximate surface area is 201 Å². The van der Waals surface area contributed by atoms with Gasteiger partial charge in [0, 0.05) is 30.4 Å². The first-order chi connectivity index (χ1) is 16.5. The summed E-state index contributed by atoms with van der Waals surface area (Å²) >= 11 is 0. The van der Waals surface area contributed by atoms with Crippen LogP contribution in [0, 0.1) is 6.92 Å². The van der Waals surface area contributed by atoms with Crippen LogP contribution in [0.3, 0.4) is 0 Å². The molecule has 0 fully saturated rings. The summed E-state index contributed by atoms with van der Waals surface area (Å²) in [5.74, 6) is 1.23. The quantitative estimate of drug-likeness (QED) is 0.362. The van der Waals surface area contributed by atoms with E-state index in [1.165, 1.54) is 10.9 Å². The van der Waals surface area contributed by atoms with Crippen molar-refractivity contribution in [2.24, 2.45) is 0 Å². The molecule has 0 unspecified atom stereocenters. The summed E-state index contributed by atoms with van der Waals surface area (Å²) in [5, 5.41) is 7.59. The van der Waals surface area contributed by atoms with Crippen LogP contribution in [-0.2, 0) is 12.7 Å². The summed E-state index contributed by atoms with van der Waals surface area (Å²) in [4.78, 5) is 16.9. The zero-order valence-electron chi connectivity index (χ0n) is 20.2. The van der Waals surface area contributed by atoms with Gasteiger partial charge in [0.05, 0.1) is 6.20 Å². The van der Waals surface area contributed by atoms with Crippen molar-refractivity contribution >= 4 is 5.95 Å². The van der Waals surface area contributed by atoms with Crippen molar-refractivity contribution in [2.45, 2.75) is 59.4 Å². The fourth-order valence-corrected chi connectivity index (χ4v) is 3.70. The fraction of sp³-hybridized carbons (Fsp3) is 0.375. The van der Waals surface area contributed by atoms with Crippen LogP contribution in [0.4, 0.5) is 19.1 Å². The Morgan fingerprint density at radius 1 is 0.971 bits per heavy atom. The Morgan fingerprint density at radius 2 is 1.69 bits per heavy atom. The molecule has 0 aliphatic heterocycles. The zero-order valence-corrected chi connectivity index (χ0v) is 20.2. The number of imidazole rings is 1. The number of nitrogens with one attached hydrogen (secondary N) is 1. The third-order valence-corrected chi connectivity index (χ3v) is 5.49. The summed E-state index contributed by atoms with van der Waals surface area (Å²) in [5.41, 5.74) is 2.44. The van der Waals surface area contributed by atoms with Crippen LogP contribution in [0.25, 0.3) is 22.9 Å². The average Bonchev–Trinajstić information content (AvgIpc) is 3.43. The van der Waals surface area contributed by atoms with Crippen LogP contribution in [-0.4, -0.2) is 34.3 Å². The molecule has 35 heavy (non-hydrogen) atoms. The highest BCUT2D eigenvalue weighted by Gasteiger charge is 2.35. The lowest BCUT2D eigenvalue weighted by atomic mass is 10.1. The van der Waals surface area contributed by atoms with Crippen molar-refractivity contribution in [1.82, 2.24) is 34.3 Å². The van der Waals surface area contributed by atoms with E-state index >= 15 is 0 Å². The van der Waals surface area contributed by atoms with Crippen molar-refractivity contribution in [3.63, 3.8) is 0 Å². The fourth-order valence-electron chi connectivity index (χ4n) is 3.70. The molecule has 4 aromatic rings. The van der Waals surface area contributed by atoms with Gasteiger partial charge in [-0.1, -0.05) is 24.3 Å². The number of benzene rings is 1. The monoisotopic (exact) mass is 484 g/mol. The standard InChI is InChI=1S/C24H27F3N8/c1-14(2)34-12-19(24(25,26)27)32-22(34)18-8-6-17(7-9-18)11-28-23-30-13-29-21(33-23)20-16(5)10-31-35(20)15(3)4/h6-10,12-15H,11H2,1-5H3,(H,28,29,30,33). The Kier molecular flexibility index (Phi) is 6.60. The van der Waals surface area contributed by atoms with Gasteiger partial charge in [-0.25, -0.2) is 15.0 Å².